The molecule has 3 aromatic rings. The predicted molar refractivity (Wildman–Crippen MR) is 131 cm³/mol. The second-order valence-electron chi connectivity index (χ2n) is 10.5. The van der Waals surface area contributed by atoms with Crippen LogP contribution >= 0.6 is 11.8 Å². The van der Waals surface area contributed by atoms with Crippen molar-refractivity contribution < 1.29 is 9.53 Å². The number of hydrogen-bond acceptors (Lipinski definition) is 3. The van der Waals surface area contributed by atoms with Crippen molar-refractivity contribution in [2.45, 2.75) is 58.3 Å². The summed E-state index contributed by atoms with van der Waals surface area (Å²) in [5, 5.41) is 5.05. The molecule has 0 spiro atoms. The maximum absolute atomic E-state index is 12.8. The van der Waals surface area contributed by atoms with E-state index in [1.807, 2.05) is 0 Å². The SMILES string of the molecule is CC1(OC(=O)CSCc2cccc3cc4ccccc4cc23)CC2CCC1(C)C2(C)C. The Kier molecular flexibility index (Phi) is 4.89. The van der Waals surface area contributed by atoms with Crippen LogP contribution < -0.4 is 0 Å². The zero-order valence-corrected chi connectivity index (χ0v) is 19.9. The number of carbonyl (C=O) groups is 1. The molecule has 2 saturated carbocycles. The quantitative estimate of drug-likeness (QED) is 0.311. The minimum Gasteiger partial charge on any atom is -0.458 e. The van der Waals surface area contributed by atoms with Crippen molar-refractivity contribution in [2.75, 3.05) is 5.75 Å². The normalized spacial score (nSPS) is 29.0. The molecule has 2 fully saturated rings. The number of carbonyl (C=O) groups excluding carboxylic acids is 1. The molecule has 162 valence electrons. The Bertz CT molecular complexity index is 1170. The van der Waals surface area contributed by atoms with Gasteiger partial charge < -0.3 is 4.74 Å². The number of esters is 1. The average molecular weight is 433 g/mol. The monoisotopic (exact) mass is 432 g/mol. The second-order valence-corrected chi connectivity index (χ2v) is 11.5. The van der Waals surface area contributed by atoms with Gasteiger partial charge in [-0.05, 0) is 76.8 Å². The zero-order chi connectivity index (χ0) is 21.9. The maximum atomic E-state index is 12.8. The molecule has 2 bridgehead atoms. The summed E-state index contributed by atoms with van der Waals surface area (Å²) >= 11 is 1.66. The smallest absolute Gasteiger partial charge is 0.316 e. The van der Waals surface area contributed by atoms with Crippen molar-refractivity contribution in [3.05, 3.63) is 60.2 Å². The first kappa shape index (κ1) is 20.9. The van der Waals surface area contributed by atoms with Crippen LogP contribution in [0.2, 0.25) is 0 Å². The lowest BCUT2D eigenvalue weighted by Crippen LogP contribution is -2.48. The fourth-order valence-corrected chi connectivity index (χ4v) is 7.23. The molecule has 3 unspecified atom stereocenters. The fourth-order valence-electron chi connectivity index (χ4n) is 6.43. The third kappa shape index (κ3) is 3.19. The number of fused-ring (bicyclic) bond motifs is 4. The lowest BCUT2D eigenvalue weighted by molar-refractivity contribution is -0.171. The molecule has 2 aliphatic rings. The molecule has 0 radical (unpaired) electrons. The third-order valence-electron chi connectivity index (χ3n) is 8.89. The van der Waals surface area contributed by atoms with E-state index < -0.39 is 0 Å². The number of benzene rings is 3. The third-order valence-corrected chi connectivity index (χ3v) is 9.85. The molecule has 0 aliphatic heterocycles. The maximum Gasteiger partial charge on any atom is 0.316 e. The summed E-state index contributed by atoms with van der Waals surface area (Å²) in [5.41, 5.74) is 1.25. The Morgan fingerprint density at radius 3 is 2.39 bits per heavy atom. The highest BCUT2D eigenvalue weighted by molar-refractivity contribution is 7.99. The Labute approximate surface area is 189 Å². The lowest BCUT2D eigenvalue weighted by atomic mass is 9.65. The first-order valence-electron chi connectivity index (χ1n) is 11.4. The van der Waals surface area contributed by atoms with Crippen LogP contribution in [0.1, 0.15) is 52.5 Å². The Morgan fingerprint density at radius 1 is 1.00 bits per heavy atom. The molecule has 0 amide bonds. The first-order chi connectivity index (χ1) is 14.7. The highest BCUT2D eigenvalue weighted by Gasteiger charge is 2.68. The van der Waals surface area contributed by atoms with Gasteiger partial charge in [-0.2, -0.15) is 0 Å². The van der Waals surface area contributed by atoms with Crippen LogP contribution in [-0.4, -0.2) is 17.3 Å². The molecule has 0 aromatic heterocycles. The molecule has 2 aliphatic carbocycles. The van der Waals surface area contributed by atoms with Crippen molar-refractivity contribution in [3.8, 4) is 0 Å². The molecule has 0 heterocycles. The van der Waals surface area contributed by atoms with Crippen LogP contribution in [0.5, 0.6) is 0 Å². The second kappa shape index (κ2) is 7.27. The summed E-state index contributed by atoms with van der Waals surface area (Å²) in [5.74, 6) is 1.81. The van der Waals surface area contributed by atoms with Gasteiger partial charge in [0.25, 0.3) is 0 Å². The Morgan fingerprint density at radius 2 is 1.71 bits per heavy atom. The summed E-state index contributed by atoms with van der Waals surface area (Å²) in [6.07, 6.45) is 3.43. The van der Waals surface area contributed by atoms with Gasteiger partial charge in [0.1, 0.15) is 5.60 Å². The van der Waals surface area contributed by atoms with Gasteiger partial charge in [0.05, 0.1) is 5.75 Å². The molecule has 2 nitrogen and oxygen atoms in total. The van der Waals surface area contributed by atoms with E-state index in [-0.39, 0.29) is 22.4 Å². The van der Waals surface area contributed by atoms with E-state index in [4.69, 9.17) is 4.74 Å². The van der Waals surface area contributed by atoms with Gasteiger partial charge in [0, 0.05) is 11.2 Å². The van der Waals surface area contributed by atoms with E-state index in [0.29, 0.717) is 11.7 Å². The zero-order valence-electron chi connectivity index (χ0n) is 19.0. The van der Waals surface area contributed by atoms with Crippen molar-refractivity contribution in [2.24, 2.45) is 16.7 Å². The topological polar surface area (TPSA) is 26.3 Å². The van der Waals surface area contributed by atoms with Gasteiger partial charge in [-0.3, -0.25) is 4.79 Å². The van der Waals surface area contributed by atoms with Gasteiger partial charge in [-0.15, -0.1) is 11.8 Å². The van der Waals surface area contributed by atoms with Crippen molar-refractivity contribution in [3.63, 3.8) is 0 Å². The molecule has 5 rings (SSSR count). The molecule has 3 atom stereocenters. The molecular formula is C28H32O2S. The van der Waals surface area contributed by atoms with Crippen molar-refractivity contribution in [1.29, 1.82) is 0 Å². The highest BCUT2D eigenvalue weighted by Crippen LogP contribution is 2.70. The van der Waals surface area contributed by atoms with E-state index in [1.54, 1.807) is 11.8 Å². The molecule has 31 heavy (non-hydrogen) atoms. The van der Waals surface area contributed by atoms with Crippen molar-refractivity contribution >= 4 is 39.3 Å². The van der Waals surface area contributed by atoms with Crippen LogP contribution in [-0.2, 0) is 15.3 Å². The van der Waals surface area contributed by atoms with E-state index in [0.717, 1.165) is 18.6 Å². The number of ether oxygens (including phenoxy) is 1. The Balaban J connectivity index is 1.27. The fraction of sp³-hybridized carbons (Fsp3) is 0.464. The molecule has 3 heteroatoms. The minimum atomic E-state index is -0.338. The van der Waals surface area contributed by atoms with Gasteiger partial charge in [0.2, 0.25) is 0 Å². The molecule has 3 aromatic carbocycles. The summed E-state index contributed by atoms with van der Waals surface area (Å²) < 4.78 is 6.19. The summed E-state index contributed by atoms with van der Waals surface area (Å²) in [7, 11) is 0. The number of rotatable bonds is 5. The van der Waals surface area contributed by atoms with Crippen LogP contribution in [0.4, 0.5) is 0 Å². The van der Waals surface area contributed by atoms with Crippen molar-refractivity contribution in [1.82, 2.24) is 0 Å². The molecule has 0 saturated heterocycles. The van der Waals surface area contributed by atoms with E-state index >= 15 is 0 Å². The largest absolute Gasteiger partial charge is 0.458 e. The van der Waals surface area contributed by atoms with Gasteiger partial charge in [0.15, 0.2) is 0 Å². The molecular weight excluding hydrogens is 400 g/mol. The molecule has 0 N–H and O–H groups in total. The van der Waals surface area contributed by atoms with E-state index in [2.05, 4.69) is 82.3 Å². The Hall–Kier alpha value is -2.00. The van der Waals surface area contributed by atoms with Crippen LogP contribution in [0, 0.1) is 16.7 Å². The van der Waals surface area contributed by atoms with Gasteiger partial charge in [-0.25, -0.2) is 0 Å². The van der Waals surface area contributed by atoms with Gasteiger partial charge in [-0.1, -0.05) is 63.2 Å². The highest BCUT2D eigenvalue weighted by atomic mass is 32.2. The van der Waals surface area contributed by atoms with Crippen LogP contribution in [0.3, 0.4) is 0 Å². The predicted octanol–water partition coefficient (Wildman–Crippen LogP) is 7.37. The summed E-state index contributed by atoms with van der Waals surface area (Å²) in [6, 6.07) is 19.5. The lowest BCUT2D eigenvalue weighted by Gasteiger charge is -2.45. The minimum absolute atomic E-state index is 0.0669. The summed E-state index contributed by atoms with van der Waals surface area (Å²) in [4.78, 5) is 12.8. The standard InChI is InChI=1S/C28H32O2S/c1-26(2)23-12-13-27(26,3)28(4,16-23)30-25(29)18-31-17-22-11-7-10-21-14-19-8-5-6-9-20(19)15-24(21)22/h5-11,14-15,23H,12-13,16-18H2,1-4H3. The summed E-state index contributed by atoms with van der Waals surface area (Å²) in [6.45, 7) is 9.23. The first-order valence-corrected chi connectivity index (χ1v) is 12.6. The number of hydrogen-bond donors (Lipinski definition) is 0. The van der Waals surface area contributed by atoms with Crippen LogP contribution in [0.15, 0.2) is 54.6 Å². The van der Waals surface area contributed by atoms with Gasteiger partial charge >= 0.3 is 5.97 Å². The van der Waals surface area contributed by atoms with E-state index in [9.17, 15) is 4.79 Å². The average Bonchev–Trinajstić information content (AvgIpc) is 3.04. The van der Waals surface area contributed by atoms with Crippen LogP contribution in [0.25, 0.3) is 21.5 Å². The number of thioether (sulfide) groups is 1. The van der Waals surface area contributed by atoms with E-state index in [1.165, 1.54) is 33.5 Å².